The summed E-state index contributed by atoms with van der Waals surface area (Å²) < 4.78 is 0. The van der Waals surface area contributed by atoms with Crippen LogP contribution >= 0.6 is 35.7 Å². The molecule has 1 fully saturated rings. The molecule has 20 heavy (non-hydrogen) atoms. The molecule has 0 aliphatic carbocycles. The van der Waals surface area contributed by atoms with Gasteiger partial charge in [-0.05, 0) is 50.8 Å². The van der Waals surface area contributed by atoms with E-state index in [1.165, 1.54) is 38.0 Å². The number of thioether (sulfide) groups is 1. The largest absolute Gasteiger partial charge is 0.356 e. The smallest absolute Gasteiger partial charge is 0.191 e. The second-order valence-electron chi connectivity index (χ2n) is 5.00. The summed E-state index contributed by atoms with van der Waals surface area (Å²) in [5, 5.41) is 6.85. The molecule has 0 amide bonds. The Balaban J connectivity index is 0.00000361. The van der Waals surface area contributed by atoms with Crippen LogP contribution in [-0.4, -0.2) is 62.1 Å². The Labute approximate surface area is 145 Å². The SMILES string of the molecule is CCN1CCCC1CNC(=NC)NCCCCSC.I. The summed E-state index contributed by atoms with van der Waals surface area (Å²) in [6.07, 6.45) is 7.30. The van der Waals surface area contributed by atoms with Gasteiger partial charge in [0, 0.05) is 26.2 Å². The van der Waals surface area contributed by atoms with Crippen LogP contribution in [0.5, 0.6) is 0 Å². The van der Waals surface area contributed by atoms with Crippen molar-refractivity contribution in [2.24, 2.45) is 4.99 Å². The first-order valence-corrected chi connectivity index (χ1v) is 8.88. The third-order valence-corrected chi connectivity index (χ3v) is 4.40. The van der Waals surface area contributed by atoms with E-state index in [0.717, 1.165) is 25.6 Å². The minimum Gasteiger partial charge on any atom is -0.356 e. The van der Waals surface area contributed by atoms with Crippen LogP contribution in [0.1, 0.15) is 32.6 Å². The molecule has 0 bridgehead atoms. The molecule has 0 aromatic rings. The van der Waals surface area contributed by atoms with Gasteiger partial charge < -0.3 is 10.6 Å². The van der Waals surface area contributed by atoms with Crippen molar-refractivity contribution in [2.45, 2.75) is 38.6 Å². The minimum atomic E-state index is 0. The van der Waals surface area contributed by atoms with Crippen LogP contribution in [0.2, 0.25) is 0 Å². The zero-order chi connectivity index (χ0) is 13.9. The van der Waals surface area contributed by atoms with Gasteiger partial charge in [-0.1, -0.05) is 6.92 Å². The van der Waals surface area contributed by atoms with Crippen LogP contribution in [-0.2, 0) is 0 Å². The second-order valence-corrected chi connectivity index (χ2v) is 5.99. The van der Waals surface area contributed by atoms with E-state index in [1.54, 1.807) is 0 Å². The second kappa shape index (κ2) is 13.0. The van der Waals surface area contributed by atoms with Crippen LogP contribution in [0, 0.1) is 0 Å². The lowest BCUT2D eigenvalue weighted by Gasteiger charge is -2.23. The average Bonchev–Trinajstić information content (AvgIpc) is 2.89. The number of hydrogen-bond donors (Lipinski definition) is 2. The average molecular weight is 414 g/mol. The van der Waals surface area contributed by atoms with Gasteiger partial charge in [0.2, 0.25) is 0 Å². The number of rotatable bonds is 8. The maximum absolute atomic E-state index is 4.29. The molecule has 2 N–H and O–H groups in total. The summed E-state index contributed by atoms with van der Waals surface area (Å²) in [5.41, 5.74) is 0. The molecule has 1 heterocycles. The van der Waals surface area contributed by atoms with Crippen LogP contribution in [0.4, 0.5) is 0 Å². The lowest BCUT2D eigenvalue weighted by atomic mass is 10.2. The predicted octanol–water partition coefficient (Wildman–Crippen LogP) is 2.40. The van der Waals surface area contributed by atoms with Gasteiger partial charge in [-0.15, -0.1) is 24.0 Å². The molecule has 6 heteroatoms. The number of unbranched alkanes of at least 4 members (excludes halogenated alkanes) is 1. The molecule has 1 saturated heterocycles. The lowest BCUT2D eigenvalue weighted by Crippen LogP contribution is -2.45. The highest BCUT2D eigenvalue weighted by molar-refractivity contribution is 14.0. The lowest BCUT2D eigenvalue weighted by molar-refractivity contribution is 0.267. The molecule has 120 valence electrons. The Morgan fingerprint density at radius 2 is 2.15 bits per heavy atom. The van der Waals surface area contributed by atoms with Crippen molar-refractivity contribution in [2.75, 3.05) is 45.2 Å². The molecule has 0 saturated carbocycles. The quantitative estimate of drug-likeness (QED) is 0.277. The first-order valence-electron chi connectivity index (χ1n) is 7.49. The van der Waals surface area contributed by atoms with Gasteiger partial charge in [0.1, 0.15) is 0 Å². The van der Waals surface area contributed by atoms with Gasteiger partial charge in [0.15, 0.2) is 5.96 Å². The first kappa shape index (κ1) is 20.3. The molecule has 1 aliphatic heterocycles. The third-order valence-electron chi connectivity index (χ3n) is 3.70. The molecule has 0 aromatic heterocycles. The van der Waals surface area contributed by atoms with Gasteiger partial charge in [0.25, 0.3) is 0 Å². The van der Waals surface area contributed by atoms with Crippen LogP contribution in [0.3, 0.4) is 0 Å². The van der Waals surface area contributed by atoms with E-state index in [2.05, 4.69) is 33.7 Å². The van der Waals surface area contributed by atoms with Crippen LogP contribution < -0.4 is 10.6 Å². The van der Waals surface area contributed by atoms with Crippen molar-refractivity contribution >= 4 is 41.7 Å². The van der Waals surface area contributed by atoms with Gasteiger partial charge in [-0.3, -0.25) is 9.89 Å². The van der Waals surface area contributed by atoms with Crippen LogP contribution in [0.25, 0.3) is 0 Å². The Kier molecular flexibility index (Phi) is 13.2. The first-order chi connectivity index (χ1) is 9.31. The number of hydrogen-bond acceptors (Lipinski definition) is 3. The number of guanidine groups is 1. The van der Waals surface area contributed by atoms with Crippen molar-refractivity contribution in [3.8, 4) is 0 Å². The Morgan fingerprint density at radius 1 is 1.35 bits per heavy atom. The zero-order valence-electron chi connectivity index (χ0n) is 13.2. The molecule has 4 nitrogen and oxygen atoms in total. The highest BCUT2D eigenvalue weighted by atomic mass is 127. The molecular weight excluding hydrogens is 383 g/mol. The van der Waals surface area contributed by atoms with Gasteiger partial charge in [-0.25, -0.2) is 0 Å². The van der Waals surface area contributed by atoms with Crippen molar-refractivity contribution < 1.29 is 0 Å². The zero-order valence-corrected chi connectivity index (χ0v) is 16.3. The predicted molar refractivity (Wildman–Crippen MR) is 103 cm³/mol. The van der Waals surface area contributed by atoms with E-state index in [0.29, 0.717) is 6.04 Å². The molecule has 0 aromatic carbocycles. The number of aliphatic imine (C=N–C) groups is 1. The standard InChI is InChI=1S/C14H30N4S.HI/c1-4-18-10-7-8-13(18)12-17-14(15-2)16-9-5-6-11-19-3;/h13H,4-12H2,1-3H3,(H2,15,16,17);1H. The Morgan fingerprint density at radius 3 is 2.80 bits per heavy atom. The summed E-state index contributed by atoms with van der Waals surface area (Å²) >= 11 is 1.92. The fourth-order valence-corrected chi connectivity index (χ4v) is 3.05. The molecule has 0 spiro atoms. The highest BCUT2D eigenvalue weighted by Gasteiger charge is 2.22. The number of likely N-dealkylation sites (N-methyl/N-ethyl adjacent to an activating group) is 1. The molecule has 0 radical (unpaired) electrons. The molecule has 1 rings (SSSR count). The van der Waals surface area contributed by atoms with E-state index in [-0.39, 0.29) is 24.0 Å². The normalized spacial score (nSPS) is 19.8. The van der Waals surface area contributed by atoms with E-state index < -0.39 is 0 Å². The summed E-state index contributed by atoms with van der Waals surface area (Å²) in [6, 6.07) is 0.681. The Bertz CT molecular complexity index is 264. The van der Waals surface area contributed by atoms with Gasteiger partial charge >= 0.3 is 0 Å². The fraction of sp³-hybridized carbons (Fsp3) is 0.929. The van der Waals surface area contributed by atoms with Crippen molar-refractivity contribution in [1.29, 1.82) is 0 Å². The summed E-state index contributed by atoms with van der Waals surface area (Å²) in [7, 11) is 1.85. The maximum Gasteiger partial charge on any atom is 0.191 e. The number of likely N-dealkylation sites (tertiary alicyclic amines) is 1. The van der Waals surface area contributed by atoms with E-state index in [1.807, 2.05) is 18.8 Å². The minimum absolute atomic E-state index is 0. The van der Waals surface area contributed by atoms with Gasteiger partial charge in [-0.2, -0.15) is 11.8 Å². The summed E-state index contributed by atoms with van der Waals surface area (Å²) in [6.45, 7) is 6.69. The maximum atomic E-state index is 4.29. The van der Waals surface area contributed by atoms with E-state index in [4.69, 9.17) is 0 Å². The van der Waals surface area contributed by atoms with Crippen LogP contribution in [0.15, 0.2) is 4.99 Å². The monoisotopic (exact) mass is 414 g/mol. The third kappa shape index (κ3) is 7.93. The summed E-state index contributed by atoms with van der Waals surface area (Å²) in [5.74, 6) is 2.20. The topological polar surface area (TPSA) is 39.7 Å². The number of halogens is 1. The molecule has 1 unspecified atom stereocenters. The van der Waals surface area contributed by atoms with Crippen molar-refractivity contribution in [3.05, 3.63) is 0 Å². The molecule has 1 atom stereocenters. The van der Waals surface area contributed by atoms with E-state index in [9.17, 15) is 0 Å². The van der Waals surface area contributed by atoms with Crippen molar-refractivity contribution in [3.63, 3.8) is 0 Å². The highest BCUT2D eigenvalue weighted by Crippen LogP contribution is 2.15. The van der Waals surface area contributed by atoms with E-state index >= 15 is 0 Å². The molecular formula is C14H31IN4S. The van der Waals surface area contributed by atoms with Crippen molar-refractivity contribution in [1.82, 2.24) is 15.5 Å². The number of nitrogens with zero attached hydrogens (tertiary/aromatic N) is 2. The van der Waals surface area contributed by atoms with Gasteiger partial charge in [0.05, 0.1) is 0 Å². The fourth-order valence-electron chi connectivity index (χ4n) is 2.56. The Hall–Kier alpha value is 0.310. The molecule has 1 aliphatic rings. The number of nitrogens with one attached hydrogen (secondary N) is 2. The summed E-state index contributed by atoms with van der Waals surface area (Å²) in [4.78, 5) is 6.84.